The normalized spacial score (nSPS) is 17.5. The molecule has 3 aromatic carbocycles. The van der Waals surface area contributed by atoms with Crippen molar-refractivity contribution < 1.29 is 33.0 Å². The number of carbonyl (C=O) groups is 2. The SMILES string of the molecule is CC1(C(=O)O)COC(c2nc(-c3ccc(F)cc3)c(-c3ccnc(Nc4ccc(F)cc4)n3)[nH]2)OC1.NC(=O)c1ccccc1. The number of nitrogens with two attached hydrogens (primary N) is 1. The van der Waals surface area contributed by atoms with Crippen LogP contribution in [-0.2, 0) is 14.3 Å². The second kappa shape index (κ2) is 13.4. The molecule has 5 N–H and O–H groups in total. The Hall–Kier alpha value is -5.53. The summed E-state index contributed by atoms with van der Waals surface area (Å²) in [6, 6.07) is 22.0. The van der Waals surface area contributed by atoms with Crippen LogP contribution in [0.25, 0.3) is 22.6 Å². The van der Waals surface area contributed by atoms with Gasteiger partial charge >= 0.3 is 5.97 Å². The number of anilines is 2. The maximum absolute atomic E-state index is 13.6. The number of benzene rings is 3. The molecule has 0 aliphatic carbocycles. The Morgan fingerprint density at radius 1 is 0.933 bits per heavy atom. The molecule has 0 saturated carbocycles. The van der Waals surface area contributed by atoms with Gasteiger partial charge in [-0.05, 0) is 73.7 Å². The van der Waals surface area contributed by atoms with E-state index in [4.69, 9.17) is 15.2 Å². The molecule has 0 spiro atoms. The number of nitrogens with zero attached hydrogens (tertiary/aromatic N) is 3. The fraction of sp³-hybridized carbons (Fsp3) is 0.156. The molecule has 45 heavy (non-hydrogen) atoms. The highest BCUT2D eigenvalue weighted by Gasteiger charge is 2.41. The summed E-state index contributed by atoms with van der Waals surface area (Å²) in [5.41, 5.74) is 7.02. The highest BCUT2D eigenvalue weighted by Crippen LogP contribution is 2.35. The largest absolute Gasteiger partial charge is 0.481 e. The van der Waals surface area contributed by atoms with Gasteiger partial charge in [0.05, 0.1) is 30.3 Å². The number of aliphatic carboxylic acids is 1. The lowest BCUT2D eigenvalue weighted by atomic mass is 9.92. The highest BCUT2D eigenvalue weighted by molar-refractivity contribution is 5.92. The predicted octanol–water partition coefficient (Wildman–Crippen LogP) is 5.48. The van der Waals surface area contributed by atoms with Crippen molar-refractivity contribution in [2.45, 2.75) is 13.2 Å². The summed E-state index contributed by atoms with van der Waals surface area (Å²) >= 11 is 0. The number of nitrogens with one attached hydrogen (secondary N) is 2. The van der Waals surface area contributed by atoms with Crippen LogP contribution in [0.1, 0.15) is 29.4 Å². The van der Waals surface area contributed by atoms with Crippen molar-refractivity contribution in [1.29, 1.82) is 0 Å². The van der Waals surface area contributed by atoms with Crippen LogP contribution in [-0.4, -0.2) is 50.1 Å². The minimum Gasteiger partial charge on any atom is -0.481 e. The van der Waals surface area contributed by atoms with Gasteiger partial charge in [-0.1, -0.05) is 18.2 Å². The number of rotatable bonds is 7. The number of hydrogen-bond donors (Lipinski definition) is 4. The van der Waals surface area contributed by atoms with E-state index in [0.717, 1.165) is 0 Å². The molecule has 1 aliphatic rings. The second-order valence-electron chi connectivity index (χ2n) is 10.3. The van der Waals surface area contributed by atoms with E-state index in [-0.39, 0.29) is 30.9 Å². The van der Waals surface area contributed by atoms with Crippen molar-refractivity contribution in [3.8, 4) is 22.6 Å². The summed E-state index contributed by atoms with van der Waals surface area (Å²) in [5, 5.41) is 12.4. The van der Waals surface area contributed by atoms with Crippen molar-refractivity contribution >= 4 is 23.5 Å². The Morgan fingerprint density at radius 2 is 1.56 bits per heavy atom. The molecule has 3 heterocycles. The number of amides is 1. The van der Waals surface area contributed by atoms with Gasteiger partial charge in [0.1, 0.15) is 17.0 Å². The summed E-state index contributed by atoms with van der Waals surface area (Å²) in [6.07, 6.45) is 0.624. The van der Waals surface area contributed by atoms with Gasteiger partial charge in [-0.2, -0.15) is 0 Å². The van der Waals surface area contributed by atoms with Crippen molar-refractivity contribution in [1.82, 2.24) is 19.9 Å². The number of H-pyrrole nitrogens is 1. The van der Waals surface area contributed by atoms with Crippen molar-refractivity contribution in [3.63, 3.8) is 0 Å². The molecule has 0 radical (unpaired) electrons. The zero-order valence-electron chi connectivity index (χ0n) is 23.9. The van der Waals surface area contributed by atoms with Gasteiger partial charge in [0.15, 0.2) is 5.82 Å². The molecule has 0 atom stereocenters. The minimum atomic E-state index is -1.17. The Balaban J connectivity index is 0.000000383. The van der Waals surface area contributed by atoms with Crippen LogP contribution in [0.2, 0.25) is 0 Å². The smallest absolute Gasteiger partial charge is 0.314 e. The van der Waals surface area contributed by atoms with Crippen LogP contribution >= 0.6 is 0 Å². The van der Waals surface area contributed by atoms with Crippen LogP contribution in [0.4, 0.5) is 20.4 Å². The Bertz CT molecular complexity index is 1770. The number of carboxylic acid groups (broad SMARTS) is 1. The molecule has 6 rings (SSSR count). The lowest BCUT2D eigenvalue weighted by Gasteiger charge is -2.33. The number of carboxylic acids is 1. The van der Waals surface area contributed by atoms with Crippen molar-refractivity contribution in [2.24, 2.45) is 11.1 Å². The zero-order valence-corrected chi connectivity index (χ0v) is 23.9. The van der Waals surface area contributed by atoms with Crippen molar-refractivity contribution in [3.05, 3.63) is 114 Å². The third-order valence-electron chi connectivity index (χ3n) is 6.76. The number of primary amides is 1. The van der Waals surface area contributed by atoms with Gasteiger partial charge in [0, 0.05) is 23.0 Å². The molecule has 1 saturated heterocycles. The first-order chi connectivity index (χ1) is 21.6. The van der Waals surface area contributed by atoms with Gasteiger partial charge in [-0.15, -0.1) is 0 Å². The average Bonchev–Trinajstić information content (AvgIpc) is 3.49. The van der Waals surface area contributed by atoms with E-state index in [0.29, 0.717) is 39.7 Å². The first kappa shape index (κ1) is 30.9. The molecular weight excluding hydrogens is 586 g/mol. The summed E-state index contributed by atoms with van der Waals surface area (Å²) < 4.78 is 38.2. The standard InChI is InChI=1S/C25H21F2N5O4.C7H7NO/c1-25(23(33)34)12-35-22(36-13-25)21-31-19(14-2-4-15(26)5-3-14)20(32-21)18-10-11-28-24(30-18)29-17-8-6-16(27)7-9-17;8-7(9)6-4-2-1-3-5-6/h2-11,22H,12-13H2,1H3,(H,31,32)(H,33,34)(H,28,29,30);1-5H,(H2,8,9). The molecule has 11 nitrogen and oxygen atoms in total. The highest BCUT2D eigenvalue weighted by atomic mass is 19.1. The minimum absolute atomic E-state index is 0.0613. The third-order valence-corrected chi connectivity index (χ3v) is 6.76. The number of halogens is 2. The quantitative estimate of drug-likeness (QED) is 0.186. The van der Waals surface area contributed by atoms with E-state index in [9.17, 15) is 23.5 Å². The Morgan fingerprint density at radius 3 is 2.13 bits per heavy atom. The fourth-order valence-electron chi connectivity index (χ4n) is 4.22. The first-order valence-electron chi connectivity index (χ1n) is 13.6. The number of ether oxygens (including phenoxy) is 2. The number of hydrogen-bond acceptors (Lipinski definition) is 8. The summed E-state index contributed by atoms with van der Waals surface area (Å²) in [5.74, 6) is -1.58. The predicted molar refractivity (Wildman–Crippen MR) is 160 cm³/mol. The molecule has 0 unspecified atom stereocenters. The molecule has 0 bridgehead atoms. The average molecular weight is 615 g/mol. The van der Waals surface area contributed by atoms with Crippen LogP contribution in [0.15, 0.2) is 91.1 Å². The topological polar surface area (TPSA) is 165 Å². The maximum Gasteiger partial charge on any atom is 0.314 e. The first-order valence-corrected chi connectivity index (χ1v) is 13.6. The summed E-state index contributed by atoms with van der Waals surface area (Å²) in [4.78, 5) is 38.5. The molecule has 1 fully saturated rings. The fourth-order valence-corrected chi connectivity index (χ4v) is 4.22. The van der Waals surface area contributed by atoms with Crippen LogP contribution in [0.5, 0.6) is 0 Å². The molecule has 13 heteroatoms. The van der Waals surface area contributed by atoms with Crippen molar-refractivity contribution in [2.75, 3.05) is 18.5 Å². The molecule has 1 aliphatic heterocycles. The number of carbonyl (C=O) groups excluding carboxylic acids is 1. The summed E-state index contributed by atoms with van der Waals surface area (Å²) in [6.45, 7) is 1.42. The Kier molecular flexibility index (Phi) is 9.21. The van der Waals surface area contributed by atoms with Crippen LogP contribution in [0.3, 0.4) is 0 Å². The number of imidazole rings is 1. The molecule has 5 aromatic rings. The van der Waals surface area contributed by atoms with E-state index in [2.05, 4.69) is 25.3 Å². The van der Waals surface area contributed by atoms with Gasteiger partial charge in [0.2, 0.25) is 18.1 Å². The van der Waals surface area contributed by atoms with E-state index < -0.39 is 23.5 Å². The summed E-state index contributed by atoms with van der Waals surface area (Å²) in [7, 11) is 0. The molecular formula is C32H28F2N6O5. The number of aromatic nitrogens is 4. The van der Waals surface area contributed by atoms with E-state index in [1.54, 1.807) is 67.7 Å². The van der Waals surface area contributed by atoms with E-state index >= 15 is 0 Å². The maximum atomic E-state index is 13.6. The number of aromatic amines is 1. The lowest BCUT2D eigenvalue weighted by molar-refractivity contribution is -0.236. The lowest BCUT2D eigenvalue weighted by Crippen LogP contribution is -2.42. The van der Waals surface area contributed by atoms with Gasteiger partial charge < -0.3 is 30.6 Å². The monoisotopic (exact) mass is 614 g/mol. The van der Waals surface area contributed by atoms with Gasteiger partial charge in [-0.3, -0.25) is 9.59 Å². The van der Waals surface area contributed by atoms with Crippen LogP contribution in [0, 0.1) is 17.0 Å². The molecule has 1 amide bonds. The van der Waals surface area contributed by atoms with E-state index in [1.165, 1.54) is 24.3 Å². The van der Waals surface area contributed by atoms with Gasteiger partial charge in [0.25, 0.3) is 0 Å². The second-order valence-corrected chi connectivity index (χ2v) is 10.3. The Labute approximate surface area is 256 Å². The molecule has 2 aromatic heterocycles. The zero-order chi connectivity index (χ0) is 32.0. The molecule has 230 valence electrons. The third kappa shape index (κ3) is 7.52. The van der Waals surface area contributed by atoms with Gasteiger partial charge in [-0.25, -0.2) is 23.7 Å². The van der Waals surface area contributed by atoms with E-state index in [1.807, 2.05) is 6.07 Å². The van der Waals surface area contributed by atoms with Crippen LogP contribution < -0.4 is 11.1 Å².